The second-order valence-electron chi connectivity index (χ2n) is 5.70. The van der Waals surface area contributed by atoms with Crippen LogP contribution in [0.25, 0.3) is 0 Å². The molecule has 0 heterocycles. The average Bonchev–Trinajstić information content (AvgIpc) is 3.09. The largest absolute Gasteiger partial charge is 0.481 e. The smallest absolute Gasteiger partial charge is 0.307 e. The van der Waals surface area contributed by atoms with Crippen molar-refractivity contribution in [3.05, 3.63) is 0 Å². The normalized spacial score (nSPS) is 30.2. The molecule has 0 bridgehead atoms. The van der Waals surface area contributed by atoms with Gasteiger partial charge in [0.05, 0.1) is 23.7 Å². The van der Waals surface area contributed by atoms with E-state index in [0.29, 0.717) is 38.5 Å². The fraction of sp³-hybridized carbons (Fsp3) is 0.714. The highest BCUT2D eigenvalue weighted by Crippen LogP contribution is 2.32. The van der Waals surface area contributed by atoms with E-state index in [1.165, 1.54) is 0 Å². The minimum absolute atomic E-state index is 0.296. The summed E-state index contributed by atoms with van der Waals surface area (Å²) >= 11 is 0. The van der Waals surface area contributed by atoms with E-state index in [-0.39, 0.29) is 0 Å². The minimum atomic E-state index is -0.977. The van der Waals surface area contributed by atoms with E-state index < -0.39 is 47.5 Å². The molecular formula is C14H20O8. The first-order valence-corrected chi connectivity index (χ1v) is 7.15. The van der Waals surface area contributed by atoms with Crippen molar-refractivity contribution in [3.63, 3.8) is 0 Å². The van der Waals surface area contributed by atoms with Crippen molar-refractivity contribution in [2.24, 2.45) is 23.7 Å². The maximum absolute atomic E-state index is 10.5. The van der Waals surface area contributed by atoms with Gasteiger partial charge in [0.1, 0.15) is 0 Å². The van der Waals surface area contributed by atoms with Crippen LogP contribution in [-0.2, 0) is 19.2 Å². The molecule has 8 heteroatoms. The van der Waals surface area contributed by atoms with E-state index >= 15 is 0 Å². The SMILES string of the molecule is O=C(O)C1CCC[C@H]1C(=O)O.O=C(O)C1CC[C@@H](C(=O)O)C1. The fourth-order valence-electron chi connectivity index (χ4n) is 2.98. The van der Waals surface area contributed by atoms with Gasteiger partial charge in [-0.25, -0.2) is 0 Å². The van der Waals surface area contributed by atoms with Crippen molar-refractivity contribution < 1.29 is 39.6 Å². The Balaban J connectivity index is 0.000000220. The molecule has 0 aromatic heterocycles. The highest BCUT2D eigenvalue weighted by molar-refractivity contribution is 5.80. The summed E-state index contributed by atoms with van der Waals surface area (Å²) in [5, 5.41) is 34.2. The van der Waals surface area contributed by atoms with Crippen LogP contribution in [0.1, 0.15) is 38.5 Å². The molecule has 0 saturated heterocycles. The van der Waals surface area contributed by atoms with Gasteiger partial charge in [0.2, 0.25) is 0 Å². The summed E-state index contributed by atoms with van der Waals surface area (Å²) in [4.78, 5) is 41.7. The number of carboxylic acids is 4. The third-order valence-electron chi connectivity index (χ3n) is 4.28. The summed E-state index contributed by atoms with van der Waals surface area (Å²) in [5.41, 5.74) is 0. The zero-order chi connectivity index (χ0) is 16.9. The van der Waals surface area contributed by atoms with E-state index in [1.807, 2.05) is 0 Å². The van der Waals surface area contributed by atoms with Crippen molar-refractivity contribution >= 4 is 23.9 Å². The van der Waals surface area contributed by atoms with E-state index in [4.69, 9.17) is 20.4 Å². The molecule has 2 aliphatic rings. The standard InChI is InChI=1S/2C7H10O4/c8-6(9)4-1-2-5(3-4)7(10)11;8-6(9)4-2-1-3-5(4)7(10)11/h2*4-5H,1-3H2,(H,8,9)(H,10,11)/t2*4-,5?/m11/s1. The quantitative estimate of drug-likeness (QED) is 0.603. The summed E-state index contributed by atoms with van der Waals surface area (Å²) in [6, 6.07) is 0. The molecule has 2 fully saturated rings. The van der Waals surface area contributed by atoms with Crippen LogP contribution in [-0.4, -0.2) is 44.3 Å². The Morgan fingerprint density at radius 2 is 0.955 bits per heavy atom. The molecule has 4 N–H and O–H groups in total. The molecule has 0 spiro atoms. The second kappa shape index (κ2) is 7.77. The Hall–Kier alpha value is -2.12. The van der Waals surface area contributed by atoms with Gasteiger partial charge in [0, 0.05) is 0 Å². The lowest BCUT2D eigenvalue weighted by Crippen LogP contribution is -2.24. The van der Waals surface area contributed by atoms with Gasteiger partial charge >= 0.3 is 23.9 Å². The number of aliphatic carboxylic acids is 4. The first-order chi connectivity index (χ1) is 10.2. The molecule has 22 heavy (non-hydrogen) atoms. The third-order valence-corrected chi connectivity index (χ3v) is 4.28. The summed E-state index contributed by atoms with van der Waals surface area (Å²) in [6.07, 6.45) is 3.04. The molecule has 0 aliphatic heterocycles. The molecule has 4 atom stereocenters. The van der Waals surface area contributed by atoms with Crippen LogP contribution in [0.4, 0.5) is 0 Å². The summed E-state index contributed by atoms with van der Waals surface area (Å²) in [6.45, 7) is 0. The Morgan fingerprint density at radius 1 is 0.591 bits per heavy atom. The lowest BCUT2D eigenvalue weighted by Gasteiger charge is -2.09. The minimum Gasteiger partial charge on any atom is -0.481 e. The lowest BCUT2D eigenvalue weighted by molar-refractivity contribution is -0.152. The lowest BCUT2D eigenvalue weighted by atomic mass is 9.97. The first kappa shape index (κ1) is 17.9. The van der Waals surface area contributed by atoms with Crippen molar-refractivity contribution in [1.82, 2.24) is 0 Å². The van der Waals surface area contributed by atoms with Crippen molar-refractivity contribution in [2.45, 2.75) is 38.5 Å². The van der Waals surface area contributed by atoms with Crippen LogP contribution in [0.2, 0.25) is 0 Å². The second-order valence-corrected chi connectivity index (χ2v) is 5.70. The fourth-order valence-corrected chi connectivity index (χ4v) is 2.98. The van der Waals surface area contributed by atoms with Gasteiger partial charge in [-0.05, 0) is 32.1 Å². The van der Waals surface area contributed by atoms with Gasteiger partial charge in [0.25, 0.3) is 0 Å². The van der Waals surface area contributed by atoms with E-state index in [0.717, 1.165) is 0 Å². The van der Waals surface area contributed by atoms with Crippen molar-refractivity contribution in [1.29, 1.82) is 0 Å². The molecule has 2 saturated carbocycles. The highest BCUT2D eigenvalue weighted by Gasteiger charge is 2.37. The van der Waals surface area contributed by atoms with Gasteiger partial charge in [-0.2, -0.15) is 0 Å². The molecular weight excluding hydrogens is 296 g/mol. The molecule has 0 aromatic rings. The van der Waals surface area contributed by atoms with Crippen LogP contribution < -0.4 is 0 Å². The van der Waals surface area contributed by atoms with Gasteiger partial charge < -0.3 is 20.4 Å². The van der Waals surface area contributed by atoms with Crippen LogP contribution in [0.15, 0.2) is 0 Å². The maximum atomic E-state index is 10.5. The predicted molar refractivity (Wildman–Crippen MR) is 72.2 cm³/mol. The predicted octanol–water partition coefficient (Wildman–Crippen LogP) is 1.14. The van der Waals surface area contributed by atoms with Crippen molar-refractivity contribution in [2.75, 3.05) is 0 Å². The Labute approximate surface area is 126 Å². The average molecular weight is 316 g/mol. The van der Waals surface area contributed by atoms with E-state index in [1.54, 1.807) is 0 Å². The van der Waals surface area contributed by atoms with Crippen molar-refractivity contribution in [3.8, 4) is 0 Å². The van der Waals surface area contributed by atoms with Gasteiger partial charge in [-0.3, -0.25) is 19.2 Å². The summed E-state index contributed by atoms with van der Waals surface area (Å²) in [7, 11) is 0. The number of carbonyl (C=O) groups is 4. The molecule has 8 nitrogen and oxygen atoms in total. The number of hydrogen-bond donors (Lipinski definition) is 4. The zero-order valence-electron chi connectivity index (χ0n) is 12.0. The third kappa shape index (κ3) is 4.71. The Kier molecular flexibility index (Phi) is 6.33. The van der Waals surface area contributed by atoms with Crippen LogP contribution in [0, 0.1) is 23.7 Å². The van der Waals surface area contributed by atoms with Gasteiger partial charge in [-0.1, -0.05) is 6.42 Å². The number of carboxylic acid groups (broad SMARTS) is 4. The van der Waals surface area contributed by atoms with Gasteiger partial charge in [-0.15, -0.1) is 0 Å². The summed E-state index contributed by atoms with van der Waals surface area (Å²) in [5.74, 6) is -5.88. The molecule has 0 amide bonds. The molecule has 2 aliphatic carbocycles. The number of rotatable bonds is 4. The van der Waals surface area contributed by atoms with E-state index in [9.17, 15) is 19.2 Å². The topological polar surface area (TPSA) is 149 Å². The maximum Gasteiger partial charge on any atom is 0.307 e. The molecule has 124 valence electrons. The van der Waals surface area contributed by atoms with Crippen LogP contribution >= 0.6 is 0 Å². The summed E-state index contributed by atoms with van der Waals surface area (Å²) < 4.78 is 0. The number of hydrogen-bond acceptors (Lipinski definition) is 4. The monoisotopic (exact) mass is 316 g/mol. The van der Waals surface area contributed by atoms with E-state index in [2.05, 4.69) is 0 Å². The highest BCUT2D eigenvalue weighted by atomic mass is 16.4. The Bertz CT molecular complexity index is 418. The first-order valence-electron chi connectivity index (χ1n) is 7.15. The van der Waals surface area contributed by atoms with Gasteiger partial charge in [0.15, 0.2) is 0 Å². The Morgan fingerprint density at radius 3 is 1.18 bits per heavy atom. The van der Waals surface area contributed by atoms with Crippen LogP contribution in [0.3, 0.4) is 0 Å². The molecule has 0 radical (unpaired) electrons. The van der Waals surface area contributed by atoms with Crippen LogP contribution in [0.5, 0.6) is 0 Å². The molecule has 2 unspecified atom stereocenters. The zero-order valence-corrected chi connectivity index (χ0v) is 12.0. The molecule has 0 aromatic carbocycles. The molecule has 2 rings (SSSR count).